The van der Waals surface area contributed by atoms with Gasteiger partial charge in [0.2, 0.25) is 11.6 Å². The Morgan fingerprint density at radius 1 is 1.12 bits per heavy atom. The highest BCUT2D eigenvalue weighted by Crippen LogP contribution is 2.21. The third kappa shape index (κ3) is 2.00. The maximum atomic E-state index is 11.1. The van der Waals surface area contributed by atoms with Gasteiger partial charge in [-0.3, -0.25) is 15.0 Å². The summed E-state index contributed by atoms with van der Waals surface area (Å²) in [6.07, 6.45) is 0. The summed E-state index contributed by atoms with van der Waals surface area (Å²) in [5.74, 6) is -0.319. The van der Waals surface area contributed by atoms with Crippen LogP contribution in [0.3, 0.4) is 0 Å². The Balaban J connectivity index is 2.28. The van der Waals surface area contributed by atoms with Gasteiger partial charge in [-0.25, -0.2) is 0 Å². The fourth-order valence-corrected chi connectivity index (χ4v) is 1.15. The first-order chi connectivity index (χ1) is 7.66. The number of hydrogen-bond acceptors (Lipinski definition) is 4. The zero-order valence-corrected chi connectivity index (χ0v) is 8.56. The van der Waals surface area contributed by atoms with Crippen LogP contribution in [0.25, 0.3) is 0 Å². The van der Waals surface area contributed by atoms with Crippen molar-refractivity contribution in [3.05, 3.63) is 40.2 Å². The molecule has 0 bridgehead atoms. The molecule has 0 saturated carbocycles. The molecule has 0 amide bonds. The fraction of sp³-hybridized carbons (Fsp3) is 0.100. The number of aromatic hydroxyl groups is 1. The molecule has 0 aliphatic carbocycles. The molecular weight excluding hydrogens is 208 g/mol. The van der Waals surface area contributed by atoms with E-state index in [9.17, 15) is 9.90 Å². The van der Waals surface area contributed by atoms with E-state index in [4.69, 9.17) is 0 Å². The van der Waals surface area contributed by atoms with Crippen LogP contribution in [0.15, 0.2) is 39.3 Å². The number of aryl methyl sites for hydroxylation is 1. The van der Waals surface area contributed by atoms with Crippen molar-refractivity contribution in [1.82, 2.24) is 10.2 Å². The first-order valence-electron chi connectivity index (χ1n) is 4.65. The van der Waals surface area contributed by atoms with Gasteiger partial charge in [-0.1, -0.05) is 17.7 Å². The van der Waals surface area contributed by atoms with Crippen molar-refractivity contribution in [2.45, 2.75) is 6.92 Å². The largest absolute Gasteiger partial charge is 0.492 e. The number of aromatic nitrogens is 2. The van der Waals surface area contributed by atoms with E-state index < -0.39 is 5.56 Å². The molecule has 0 atom stereocenters. The Labute approximate surface area is 90.7 Å². The Kier molecular flexibility index (Phi) is 2.55. The molecule has 0 spiro atoms. The van der Waals surface area contributed by atoms with Crippen molar-refractivity contribution >= 4 is 11.4 Å². The third-order valence-corrected chi connectivity index (χ3v) is 2.03. The summed E-state index contributed by atoms with van der Waals surface area (Å²) in [4.78, 5) is 11.1. The van der Waals surface area contributed by atoms with Gasteiger partial charge in [0.15, 0.2) is 0 Å². The number of aromatic amines is 2. The summed E-state index contributed by atoms with van der Waals surface area (Å²) in [6.45, 7) is 1.96. The fourth-order valence-electron chi connectivity index (χ4n) is 1.15. The van der Waals surface area contributed by atoms with Gasteiger partial charge in [-0.05, 0) is 19.1 Å². The van der Waals surface area contributed by atoms with Crippen LogP contribution in [-0.2, 0) is 0 Å². The molecule has 6 nitrogen and oxygen atoms in total. The van der Waals surface area contributed by atoms with Gasteiger partial charge < -0.3 is 5.11 Å². The second-order valence-corrected chi connectivity index (χ2v) is 3.31. The van der Waals surface area contributed by atoms with E-state index in [2.05, 4.69) is 20.4 Å². The van der Waals surface area contributed by atoms with Gasteiger partial charge >= 0.3 is 0 Å². The maximum absolute atomic E-state index is 11.1. The van der Waals surface area contributed by atoms with E-state index >= 15 is 0 Å². The van der Waals surface area contributed by atoms with Crippen LogP contribution >= 0.6 is 0 Å². The van der Waals surface area contributed by atoms with Gasteiger partial charge in [0.25, 0.3) is 5.56 Å². The lowest BCUT2D eigenvalue weighted by molar-refractivity contribution is 0.453. The molecule has 82 valence electrons. The van der Waals surface area contributed by atoms with Crippen LogP contribution in [-0.4, -0.2) is 15.3 Å². The highest BCUT2D eigenvalue weighted by molar-refractivity contribution is 5.44. The number of nitrogens with one attached hydrogen (secondary N) is 2. The molecule has 1 heterocycles. The van der Waals surface area contributed by atoms with Gasteiger partial charge in [-0.2, -0.15) is 5.11 Å². The van der Waals surface area contributed by atoms with Crippen molar-refractivity contribution < 1.29 is 5.11 Å². The monoisotopic (exact) mass is 218 g/mol. The minimum atomic E-state index is -0.506. The van der Waals surface area contributed by atoms with Gasteiger partial charge in [0.05, 0.1) is 5.69 Å². The summed E-state index contributed by atoms with van der Waals surface area (Å²) in [6, 6.07) is 7.32. The van der Waals surface area contributed by atoms with E-state index in [0.717, 1.165) is 5.56 Å². The van der Waals surface area contributed by atoms with Crippen LogP contribution in [0.4, 0.5) is 11.4 Å². The summed E-state index contributed by atoms with van der Waals surface area (Å²) in [5.41, 5.74) is 1.10. The lowest BCUT2D eigenvalue weighted by atomic mass is 10.2. The molecule has 0 aliphatic heterocycles. The molecule has 2 aromatic rings. The number of rotatable bonds is 2. The normalized spacial score (nSPS) is 11.1. The number of nitrogens with zero attached hydrogens (tertiary/aromatic N) is 2. The molecule has 1 aromatic heterocycles. The lowest BCUT2D eigenvalue weighted by Gasteiger charge is -1.92. The predicted molar refractivity (Wildman–Crippen MR) is 58.4 cm³/mol. The molecule has 0 saturated heterocycles. The standard InChI is InChI=1S/C10H10N4O2/c1-6-2-4-7(5-3-6)11-12-8-9(15)13-14-10(8)16/h2-5H,1H3,(H3,13,14,15,16). The topological polar surface area (TPSA) is 93.6 Å². The van der Waals surface area contributed by atoms with Gasteiger partial charge in [0, 0.05) is 0 Å². The lowest BCUT2D eigenvalue weighted by Crippen LogP contribution is -1.96. The summed E-state index contributed by atoms with van der Waals surface area (Å²) >= 11 is 0. The Morgan fingerprint density at radius 2 is 1.81 bits per heavy atom. The zero-order chi connectivity index (χ0) is 11.5. The number of benzene rings is 1. The van der Waals surface area contributed by atoms with Crippen molar-refractivity contribution in [1.29, 1.82) is 0 Å². The Morgan fingerprint density at radius 3 is 2.38 bits per heavy atom. The van der Waals surface area contributed by atoms with Crippen molar-refractivity contribution in [3.63, 3.8) is 0 Å². The van der Waals surface area contributed by atoms with E-state index in [1.54, 1.807) is 12.1 Å². The average Bonchev–Trinajstić information content (AvgIpc) is 2.59. The minimum absolute atomic E-state index is 0.124. The Bertz CT molecular complexity index is 565. The molecule has 0 fully saturated rings. The molecular formula is C10H10N4O2. The van der Waals surface area contributed by atoms with E-state index in [0.29, 0.717) is 5.69 Å². The molecule has 3 N–H and O–H groups in total. The van der Waals surface area contributed by atoms with Crippen LogP contribution < -0.4 is 5.56 Å². The van der Waals surface area contributed by atoms with Crippen LogP contribution in [0.1, 0.15) is 5.56 Å². The van der Waals surface area contributed by atoms with E-state index in [1.165, 1.54) is 0 Å². The summed E-state index contributed by atoms with van der Waals surface area (Å²) in [5, 5.41) is 21.2. The second kappa shape index (κ2) is 4.01. The average molecular weight is 218 g/mol. The highest BCUT2D eigenvalue weighted by atomic mass is 16.3. The highest BCUT2D eigenvalue weighted by Gasteiger charge is 2.06. The van der Waals surface area contributed by atoms with Crippen LogP contribution in [0, 0.1) is 6.92 Å². The van der Waals surface area contributed by atoms with Crippen LogP contribution in [0.5, 0.6) is 5.88 Å². The molecule has 6 heteroatoms. The first-order valence-corrected chi connectivity index (χ1v) is 4.65. The van der Waals surface area contributed by atoms with E-state index in [1.807, 2.05) is 19.1 Å². The summed E-state index contributed by atoms with van der Waals surface area (Å²) < 4.78 is 0. The number of azo groups is 1. The molecule has 0 unspecified atom stereocenters. The molecule has 16 heavy (non-hydrogen) atoms. The Hall–Kier alpha value is -2.37. The van der Waals surface area contributed by atoms with E-state index in [-0.39, 0.29) is 11.6 Å². The SMILES string of the molecule is Cc1ccc(N=Nc2c(O)[nH][nH]c2=O)cc1. The van der Waals surface area contributed by atoms with Gasteiger partial charge in [-0.15, -0.1) is 5.11 Å². The zero-order valence-electron chi connectivity index (χ0n) is 8.56. The quantitative estimate of drug-likeness (QED) is 0.673. The second-order valence-electron chi connectivity index (χ2n) is 3.31. The van der Waals surface area contributed by atoms with Crippen molar-refractivity contribution in [3.8, 4) is 5.88 Å². The molecule has 0 radical (unpaired) electrons. The first kappa shape index (κ1) is 10.2. The molecule has 0 aliphatic rings. The smallest absolute Gasteiger partial charge is 0.295 e. The van der Waals surface area contributed by atoms with Gasteiger partial charge in [0.1, 0.15) is 0 Å². The molecule has 1 aromatic carbocycles. The van der Waals surface area contributed by atoms with Crippen LogP contribution in [0.2, 0.25) is 0 Å². The maximum Gasteiger partial charge on any atom is 0.295 e. The van der Waals surface area contributed by atoms with Crippen molar-refractivity contribution in [2.24, 2.45) is 10.2 Å². The molecule has 2 rings (SSSR count). The predicted octanol–water partition coefficient (Wildman–Crippen LogP) is 2.13. The number of hydrogen-bond donors (Lipinski definition) is 3. The summed E-state index contributed by atoms with van der Waals surface area (Å²) in [7, 11) is 0. The number of H-pyrrole nitrogens is 2. The van der Waals surface area contributed by atoms with Crippen molar-refractivity contribution in [2.75, 3.05) is 0 Å². The minimum Gasteiger partial charge on any atom is -0.492 e. The third-order valence-electron chi connectivity index (χ3n) is 2.03.